The van der Waals surface area contributed by atoms with E-state index in [4.69, 9.17) is 34.4 Å². The van der Waals surface area contributed by atoms with Gasteiger partial charge in [-0.3, -0.25) is 4.79 Å². The standard InChI is InChI=1S/C18H15Cl2F3O2/c1-4-13(10-6-5-7-11(8-10)18(21,22)23)25-16(24)15-12(9-14(19)20)17(15,2)3/h1,5-9,12-13,15H,2-3H3/t12-,13?,15+/m0/s1. The highest BCUT2D eigenvalue weighted by Crippen LogP contribution is 2.60. The Hall–Kier alpha value is -1.64. The molecule has 7 heteroatoms. The van der Waals surface area contributed by atoms with Crippen LogP contribution in [0.5, 0.6) is 0 Å². The summed E-state index contributed by atoms with van der Waals surface area (Å²) >= 11 is 11.3. The van der Waals surface area contributed by atoms with Crippen molar-refractivity contribution in [3.05, 3.63) is 46.0 Å². The molecule has 0 N–H and O–H groups in total. The molecule has 25 heavy (non-hydrogen) atoms. The van der Waals surface area contributed by atoms with Crippen LogP contribution in [0.1, 0.15) is 31.1 Å². The number of hydrogen-bond acceptors (Lipinski definition) is 2. The first kappa shape index (κ1) is 19.7. The molecule has 0 radical (unpaired) electrons. The van der Waals surface area contributed by atoms with E-state index in [9.17, 15) is 18.0 Å². The van der Waals surface area contributed by atoms with E-state index in [-0.39, 0.29) is 16.0 Å². The van der Waals surface area contributed by atoms with Gasteiger partial charge in [0.05, 0.1) is 11.5 Å². The van der Waals surface area contributed by atoms with Gasteiger partial charge in [0.15, 0.2) is 6.10 Å². The average Bonchev–Trinajstić information content (AvgIpc) is 3.03. The maximum Gasteiger partial charge on any atom is 0.416 e. The molecule has 0 aliphatic heterocycles. The number of halogens is 5. The number of carbonyl (C=O) groups excluding carboxylic acids is 1. The molecule has 3 atom stereocenters. The lowest BCUT2D eigenvalue weighted by atomic mass is 10.1. The Kier molecular flexibility index (Phi) is 5.46. The van der Waals surface area contributed by atoms with Crippen molar-refractivity contribution in [2.45, 2.75) is 26.1 Å². The fourth-order valence-corrected chi connectivity index (χ4v) is 3.11. The average molecular weight is 391 g/mol. The maximum atomic E-state index is 12.8. The summed E-state index contributed by atoms with van der Waals surface area (Å²) in [6.45, 7) is 3.68. The number of esters is 1. The van der Waals surface area contributed by atoms with E-state index >= 15 is 0 Å². The Morgan fingerprint density at radius 2 is 2.04 bits per heavy atom. The zero-order valence-electron chi connectivity index (χ0n) is 13.4. The van der Waals surface area contributed by atoms with E-state index in [2.05, 4.69) is 5.92 Å². The van der Waals surface area contributed by atoms with Gasteiger partial charge in [-0.2, -0.15) is 13.2 Å². The number of rotatable bonds is 4. The largest absolute Gasteiger partial charge is 0.444 e. The van der Waals surface area contributed by atoms with Crippen LogP contribution in [0.15, 0.2) is 34.8 Å². The summed E-state index contributed by atoms with van der Waals surface area (Å²) in [6.07, 6.45) is 1.18. The number of carbonyl (C=O) groups is 1. The van der Waals surface area contributed by atoms with Gasteiger partial charge in [-0.05, 0) is 29.5 Å². The van der Waals surface area contributed by atoms with Gasteiger partial charge in [0.25, 0.3) is 0 Å². The third kappa shape index (κ3) is 4.31. The lowest BCUT2D eigenvalue weighted by molar-refractivity contribution is -0.149. The summed E-state index contributed by atoms with van der Waals surface area (Å²) < 4.78 is 43.8. The monoisotopic (exact) mass is 390 g/mol. The smallest absolute Gasteiger partial charge is 0.416 e. The van der Waals surface area contributed by atoms with E-state index in [1.54, 1.807) is 6.08 Å². The maximum absolute atomic E-state index is 12.8. The third-order valence-electron chi connectivity index (χ3n) is 4.37. The first-order chi connectivity index (χ1) is 11.5. The molecule has 2 nitrogen and oxygen atoms in total. The van der Waals surface area contributed by atoms with Crippen LogP contribution in [-0.2, 0) is 15.7 Å². The van der Waals surface area contributed by atoms with E-state index in [1.807, 2.05) is 13.8 Å². The molecule has 1 aliphatic carbocycles. The summed E-state index contributed by atoms with van der Waals surface area (Å²) in [4.78, 5) is 12.4. The number of benzene rings is 1. The van der Waals surface area contributed by atoms with Crippen LogP contribution < -0.4 is 0 Å². The van der Waals surface area contributed by atoms with Gasteiger partial charge in [0.2, 0.25) is 0 Å². The van der Waals surface area contributed by atoms with Crippen LogP contribution in [0.25, 0.3) is 0 Å². The second-order valence-corrected chi connectivity index (χ2v) is 7.40. The first-order valence-electron chi connectivity index (χ1n) is 7.35. The summed E-state index contributed by atoms with van der Waals surface area (Å²) in [5.74, 6) is 0.889. The van der Waals surface area contributed by atoms with Gasteiger partial charge >= 0.3 is 12.1 Å². The quantitative estimate of drug-likeness (QED) is 0.500. The third-order valence-corrected chi connectivity index (χ3v) is 4.62. The molecule has 134 valence electrons. The highest BCUT2D eigenvalue weighted by Gasteiger charge is 2.61. The normalized spacial score (nSPS) is 22.5. The fraction of sp³-hybridized carbons (Fsp3) is 0.389. The van der Waals surface area contributed by atoms with Gasteiger partial charge in [0, 0.05) is 5.56 Å². The Morgan fingerprint density at radius 1 is 1.40 bits per heavy atom. The van der Waals surface area contributed by atoms with E-state index in [1.165, 1.54) is 12.1 Å². The molecule has 1 aromatic carbocycles. The molecule has 2 rings (SSSR count). The summed E-state index contributed by atoms with van der Waals surface area (Å²) in [6, 6.07) is 4.41. The van der Waals surface area contributed by atoms with Gasteiger partial charge in [0.1, 0.15) is 4.49 Å². The van der Waals surface area contributed by atoms with Gasteiger partial charge in [-0.15, -0.1) is 6.42 Å². The number of alkyl halides is 3. The van der Waals surface area contributed by atoms with Crippen LogP contribution >= 0.6 is 23.2 Å². The van der Waals surface area contributed by atoms with Gasteiger partial charge in [-0.25, -0.2) is 0 Å². The molecule has 0 heterocycles. The molecular weight excluding hydrogens is 376 g/mol. The number of ether oxygens (including phenoxy) is 1. The van der Waals surface area contributed by atoms with Crippen molar-refractivity contribution in [3.8, 4) is 12.3 Å². The van der Waals surface area contributed by atoms with Crippen molar-refractivity contribution in [2.75, 3.05) is 0 Å². The van der Waals surface area contributed by atoms with Crippen LogP contribution in [0.4, 0.5) is 13.2 Å². The van der Waals surface area contributed by atoms with Crippen LogP contribution in [0.3, 0.4) is 0 Å². The van der Waals surface area contributed by atoms with Crippen LogP contribution in [-0.4, -0.2) is 5.97 Å². The van der Waals surface area contributed by atoms with Crippen molar-refractivity contribution in [1.29, 1.82) is 0 Å². The molecule has 1 saturated carbocycles. The molecule has 1 aromatic rings. The topological polar surface area (TPSA) is 26.3 Å². The van der Waals surface area contributed by atoms with E-state index < -0.39 is 35.1 Å². The Labute approximate surface area is 153 Å². The first-order valence-corrected chi connectivity index (χ1v) is 8.10. The minimum absolute atomic E-state index is 0.0414. The summed E-state index contributed by atoms with van der Waals surface area (Å²) in [7, 11) is 0. The van der Waals surface area contributed by atoms with Crippen molar-refractivity contribution >= 4 is 29.2 Å². The Bertz CT molecular complexity index is 743. The highest BCUT2D eigenvalue weighted by atomic mass is 35.5. The molecule has 1 aliphatic rings. The molecule has 0 bridgehead atoms. The highest BCUT2D eigenvalue weighted by molar-refractivity contribution is 6.55. The molecule has 1 fully saturated rings. The number of hydrogen-bond donors (Lipinski definition) is 0. The predicted molar refractivity (Wildman–Crippen MR) is 89.7 cm³/mol. The van der Waals surface area contributed by atoms with Crippen molar-refractivity contribution in [2.24, 2.45) is 17.3 Å². The van der Waals surface area contributed by atoms with E-state index in [0.29, 0.717) is 0 Å². The molecule has 1 unspecified atom stereocenters. The molecule has 0 aromatic heterocycles. The lowest BCUT2D eigenvalue weighted by Crippen LogP contribution is -2.15. The number of allylic oxidation sites excluding steroid dienone is 1. The molecule has 0 saturated heterocycles. The zero-order valence-corrected chi connectivity index (χ0v) is 14.9. The SMILES string of the molecule is C#CC(OC(=O)[C@H]1[C@H](C=C(Cl)Cl)C1(C)C)c1cccc(C(F)(F)F)c1. The fourth-order valence-electron chi connectivity index (χ4n) is 2.84. The second-order valence-electron chi connectivity index (χ2n) is 6.39. The minimum Gasteiger partial charge on any atom is -0.444 e. The van der Waals surface area contributed by atoms with Crippen LogP contribution in [0, 0.1) is 29.6 Å². The number of terminal acetylenes is 1. The Morgan fingerprint density at radius 3 is 2.56 bits per heavy atom. The summed E-state index contributed by atoms with van der Waals surface area (Å²) in [5.41, 5.74) is -1.19. The predicted octanol–water partition coefficient (Wildman–Crippen LogP) is 5.51. The van der Waals surface area contributed by atoms with Crippen molar-refractivity contribution in [3.63, 3.8) is 0 Å². The van der Waals surface area contributed by atoms with Gasteiger partial charge < -0.3 is 4.74 Å². The van der Waals surface area contributed by atoms with Gasteiger partial charge in [-0.1, -0.05) is 55.1 Å². The molecule has 0 amide bonds. The lowest BCUT2D eigenvalue weighted by Gasteiger charge is -2.15. The minimum atomic E-state index is -4.51. The molecular formula is C18H15Cl2F3O2. The van der Waals surface area contributed by atoms with Crippen LogP contribution in [0.2, 0.25) is 0 Å². The van der Waals surface area contributed by atoms with E-state index in [0.717, 1.165) is 12.1 Å². The van der Waals surface area contributed by atoms with Crippen molar-refractivity contribution in [1.82, 2.24) is 0 Å². The molecule has 0 spiro atoms. The Balaban J connectivity index is 2.17. The summed E-state index contributed by atoms with van der Waals surface area (Å²) in [5, 5.41) is 0. The second kappa shape index (κ2) is 6.93. The zero-order chi connectivity index (χ0) is 19.0. The van der Waals surface area contributed by atoms with Crippen molar-refractivity contribution < 1.29 is 22.7 Å².